The molecule has 0 saturated heterocycles. The van der Waals surface area contributed by atoms with Gasteiger partial charge in [-0.05, 0) is 17.9 Å². The molecule has 0 atom stereocenters. The zero-order chi connectivity index (χ0) is 13.8. The summed E-state index contributed by atoms with van der Waals surface area (Å²) < 4.78 is 5.69. The number of non-ortho nitro benzene ring substituents is 1. The van der Waals surface area contributed by atoms with Gasteiger partial charge in [-0.25, -0.2) is 0 Å². The number of benzene rings is 1. The van der Waals surface area contributed by atoms with Crippen molar-refractivity contribution in [1.82, 2.24) is 0 Å². The van der Waals surface area contributed by atoms with E-state index in [2.05, 4.69) is 36.7 Å². The van der Waals surface area contributed by atoms with Crippen LogP contribution in [0.4, 0.5) is 5.69 Å². The highest BCUT2D eigenvalue weighted by Crippen LogP contribution is 2.27. The van der Waals surface area contributed by atoms with Crippen LogP contribution in [0.5, 0.6) is 5.75 Å². The molecule has 0 unspecified atom stereocenters. The van der Waals surface area contributed by atoms with Crippen molar-refractivity contribution in [2.75, 3.05) is 6.61 Å². The van der Waals surface area contributed by atoms with Crippen LogP contribution in [0, 0.1) is 15.5 Å². The van der Waals surface area contributed by atoms with Crippen molar-refractivity contribution in [3.63, 3.8) is 0 Å². The van der Waals surface area contributed by atoms with Gasteiger partial charge in [-0.3, -0.25) is 10.1 Å². The van der Waals surface area contributed by atoms with E-state index in [4.69, 9.17) is 4.74 Å². The molecule has 0 heterocycles. The minimum Gasteiger partial charge on any atom is -0.493 e. The highest BCUT2D eigenvalue weighted by Gasteiger charge is 2.13. The zero-order valence-corrected chi connectivity index (χ0v) is 12.5. The topological polar surface area (TPSA) is 52.4 Å². The van der Waals surface area contributed by atoms with E-state index in [1.54, 1.807) is 12.1 Å². The molecular formula is C13H18BrNO3. The second kappa shape index (κ2) is 6.18. The molecule has 5 heteroatoms. The monoisotopic (exact) mass is 315 g/mol. The number of nitro benzene ring substituents is 1. The molecule has 0 aromatic heterocycles. The van der Waals surface area contributed by atoms with Crippen LogP contribution in [0.2, 0.25) is 0 Å². The minimum absolute atomic E-state index is 0.0904. The van der Waals surface area contributed by atoms with Crippen LogP contribution >= 0.6 is 15.9 Å². The number of hydrogen-bond acceptors (Lipinski definition) is 3. The normalized spacial score (nSPS) is 11.3. The molecule has 1 aromatic carbocycles. The van der Waals surface area contributed by atoms with Crippen LogP contribution < -0.4 is 4.74 Å². The van der Waals surface area contributed by atoms with Crippen molar-refractivity contribution in [3.8, 4) is 5.75 Å². The number of nitro groups is 1. The largest absolute Gasteiger partial charge is 0.493 e. The summed E-state index contributed by atoms with van der Waals surface area (Å²) in [5.41, 5.74) is 1.11. The Morgan fingerprint density at radius 3 is 2.56 bits per heavy atom. The molecule has 1 aromatic rings. The standard InChI is InChI=1S/C13H18BrNO3/c1-13(2,3)6-7-18-12-5-4-11(15(16)17)8-10(12)9-14/h4-5,8H,6-7,9H2,1-3H3. The maximum absolute atomic E-state index is 10.7. The van der Waals surface area contributed by atoms with Crippen molar-refractivity contribution < 1.29 is 9.66 Å². The van der Waals surface area contributed by atoms with E-state index in [1.165, 1.54) is 6.07 Å². The molecule has 0 aliphatic heterocycles. The number of nitrogens with zero attached hydrogens (tertiary/aromatic N) is 1. The van der Waals surface area contributed by atoms with Crippen LogP contribution in [0.15, 0.2) is 18.2 Å². The molecule has 100 valence electrons. The third kappa shape index (κ3) is 4.64. The van der Waals surface area contributed by atoms with Gasteiger partial charge >= 0.3 is 0 Å². The van der Waals surface area contributed by atoms with Gasteiger partial charge in [0, 0.05) is 23.0 Å². The first kappa shape index (κ1) is 15.0. The zero-order valence-electron chi connectivity index (χ0n) is 10.9. The van der Waals surface area contributed by atoms with E-state index in [0.717, 1.165) is 12.0 Å². The van der Waals surface area contributed by atoms with Crippen LogP contribution in [0.25, 0.3) is 0 Å². The number of halogens is 1. The molecule has 0 fully saturated rings. The first-order chi connectivity index (χ1) is 8.33. The third-order valence-corrected chi connectivity index (χ3v) is 3.11. The fourth-order valence-electron chi connectivity index (χ4n) is 1.39. The molecule has 1 rings (SSSR count). The molecule has 0 aliphatic rings. The fraction of sp³-hybridized carbons (Fsp3) is 0.538. The van der Waals surface area contributed by atoms with E-state index in [1.807, 2.05) is 0 Å². The Hall–Kier alpha value is -1.10. The van der Waals surface area contributed by atoms with E-state index < -0.39 is 4.92 Å². The van der Waals surface area contributed by atoms with Gasteiger partial charge in [-0.1, -0.05) is 36.7 Å². The van der Waals surface area contributed by atoms with Gasteiger partial charge < -0.3 is 4.74 Å². The minimum atomic E-state index is -0.398. The molecule has 0 N–H and O–H groups in total. The van der Waals surface area contributed by atoms with Crippen molar-refractivity contribution in [3.05, 3.63) is 33.9 Å². The van der Waals surface area contributed by atoms with Crippen molar-refractivity contribution in [2.24, 2.45) is 5.41 Å². The summed E-state index contributed by atoms with van der Waals surface area (Å²) in [7, 11) is 0. The molecule has 0 bridgehead atoms. The third-order valence-electron chi connectivity index (χ3n) is 2.51. The number of ether oxygens (including phenoxy) is 1. The predicted octanol–water partition coefficient (Wildman–Crippen LogP) is 4.30. The molecule has 0 amide bonds. The van der Waals surface area contributed by atoms with Crippen LogP contribution in [-0.4, -0.2) is 11.5 Å². The Labute approximate surface area is 116 Å². The number of alkyl halides is 1. The molecule has 18 heavy (non-hydrogen) atoms. The maximum Gasteiger partial charge on any atom is 0.270 e. The van der Waals surface area contributed by atoms with Crippen molar-refractivity contribution in [2.45, 2.75) is 32.5 Å². The highest BCUT2D eigenvalue weighted by atomic mass is 79.9. The summed E-state index contributed by atoms with van der Waals surface area (Å²) in [6, 6.07) is 4.68. The lowest BCUT2D eigenvalue weighted by Crippen LogP contribution is -2.11. The van der Waals surface area contributed by atoms with Gasteiger partial charge in [0.2, 0.25) is 0 Å². The fourth-order valence-corrected chi connectivity index (χ4v) is 1.83. The Morgan fingerprint density at radius 2 is 2.06 bits per heavy atom. The first-order valence-corrected chi connectivity index (χ1v) is 6.92. The average molecular weight is 316 g/mol. The van der Waals surface area contributed by atoms with Crippen molar-refractivity contribution in [1.29, 1.82) is 0 Å². The van der Waals surface area contributed by atoms with Gasteiger partial charge in [0.05, 0.1) is 11.5 Å². The molecular weight excluding hydrogens is 298 g/mol. The Balaban J connectivity index is 2.74. The molecule has 0 radical (unpaired) electrons. The van der Waals surface area contributed by atoms with E-state index in [0.29, 0.717) is 17.7 Å². The summed E-state index contributed by atoms with van der Waals surface area (Å²) in [4.78, 5) is 10.3. The second-order valence-corrected chi connectivity index (χ2v) is 5.90. The van der Waals surface area contributed by atoms with E-state index >= 15 is 0 Å². The van der Waals surface area contributed by atoms with Crippen molar-refractivity contribution >= 4 is 21.6 Å². The van der Waals surface area contributed by atoms with Crippen LogP contribution in [-0.2, 0) is 5.33 Å². The van der Waals surface area contributed by atoms with Gasteiger partial charge in [0.1, 0.15) is 5.75 Å². The quantitative estimate of drug-likeness (QED) is 0.462. The molecule has 0 aliphatic carbocycles. The summed E-state index contributed by atoms with van der Waals surface area (Å²) >= 11 is 3.32. The average Bonchev–Trinajstić information content (AvgIpc) is 2.27. The Kier molecular flexibility index (Phi) is 5.14. The number of hydrogen-bond donors (Lipinski definition) is 0. The lowest BCUT2D eigenvalue weighted by Gasteiger charge is -2.18. The Morgan fingerprint density at radius 1 is 1.39 bits per heavy atom. The van der Waals surface area contributed by atoms with Crippen LogP contribution in [0.3, 0.4) is 0 Å². The van der Waals surface area contributed by atoms with Gasteiger partial charge in [0.25, 0.3) is 5.69 Å². The van der Waals surface area contributed by atoms with E-state index in [9.17, 15) is 10.1 Å². The maximum atomic E-state index is 10.7. The molecule has 0 spiro atoms. The predicted molar refractivity (Wildman–Crippen MR) is 75.3 cm³/mol. The first-order valence-electron chi connectivity index (χ1n) is 5.79. The smallest absolute Gasteiger partial charge is 0.270 e. The lowest BCUT2D eigenvalue weighted by molar-refractivity contribution is -0.384. The lowest BCUT2D eigenvalue weighted by atomic mass is 9.93. The summed E-state index contributed by atoms with van der Waals surface area (Å²) in [6.45, 7) is 7.06. The Bertz CT molecular complexity index is 427. The van der Waals surface area contributed by atoms with E-state index in [-0.39, 0.29) is 11.1 Å². The second-order valence-electron chi connectivity index (χ2n) is 5.34. The van der Waals surface area contributed by atoms with Gasteiger partial charge in [-0.2, -0.15) is 0 Å². The summed E-state index contributed by atoms with van der Waals surface area (Å²) in [5, 5.41) is 11.2. The van der Waals surface area contributed by atoms with Gasteiger partial charge in [0.15, 0.2) is 0 Å². The molecule has 0 saturated carbocycles. The summed E-state index contributed by atoms with van der Waals surface area (Å²) in [6.07, 6.45) is 0.936. The molecule has 4 nitrogen and oxygen atoms in total. The van der Waals surface area contributed by atoms with Crippen LogP contribution in [0.1, 0.15) is 32.8 Å². The summed E-state index contributed by atoms with van der Waals surface area (Å²) in [5.74, 6) is 0.710. The van der Waals surface area contributed by atoms with Gasteiger partial charge in [-0.15, -0.1) is 0 Å². The SMILES string of the molecule is CC(C)(C)CCOc1ccc([N+](=O)[O-])cc1CBr. The number of rotatable bonds is 5. The highest BCUT2D eigenvalue weighted by molar-refractivity contribution is 9.08.